The van der Waals surface area contributed by atoms with Crippen LogP contribution >= 0.6 is 0 Å². The van der Waals surface area contributed by atoms with E-state index < -0.39 is 0 Å². The Kier molecular flexibility index (Phi) is 2.99. The lowest BCUT2D eigenvalue weighted by molar-refractivity contribution is 0.0573. The maximum Gasteiger partial charge on any atom is 0.111 e. The van der Waals surface area contributed by atoms with E-state index in [2.05, 4.69) is 29.8 Å². The van der Waals surface area contributed by atoms with Crippen LogP contribution in [-0.4, -0.2) is 48.6 Å². The third kappa shape index (κ3) is 1.89. The summed E-state index contributed by atoms with van der Waals surface area (Å²) >= 11 is 0. The van der Waals surface area contributed by atoms with Crippen molar-refractivity contribution in [1.82, 2.24) is 9.80 Å². The Labute approximate surface area is 92.7 Å². The van der Waals surface area contributed by atoms with Crippen LogP contribution < -0.4 is 0 Å². The maximum atomic E-state index is 9.50. The molecule has 0 radical (unpaired) electrons. The average molecular weight is 207 g/mol. The molecule has 15 heavy (non-hydrogen) atoms. The van der Waals surface area contributed by atoms with Crippen molar-refractivity contribution >= 4 is 0 Å². The molecule has 2 aliphatic rings. The molecule has 1 saturated heterocycles. The lowest BCUT2D eigenvalue weighted by Crippen LogP contribution is -2.56. The van der Waals surface area contributed by atoms with Gasteiger partial charge in [-0.1, -0.05) is 6.92 Å². The van der Waals surface area contributed by atoms with Crippen molar-refractivity contribution in [3.8, 4) is 6.07 Å². The summed E-state index contributed by atoms with van der Waals surface area (Å²) in [6.45, 7) is 6.51. The largest absolute Gasteiger partial charge is 0.304 e. The van der Waals surface area contributed by atoms with Crippen molar-refractivity contribution in [1.29, 1.82) is 5.26 Å². The van der Waals surface area contributed by atoms with Crippen molar-refractivity contribution in [2.75, 3.05) is 33.2 Å². The number of nitriles is 1. The van der Waals surface area contributed by atoms with Gasteiger partial charge in [0.1, 0.15) is 5.54 Å². The van der Waals surface area contributed by atoms with Gasteiger partial charge in [0.25, 0.3) is 0 Å². The molecule has 84 valence electrons. The van der Waals surface area contributed by atoms with E-state index >= 15 is 0 Å². The van der Waals surface area contributed by atoms with Crippen molar-refractivity contribution in [3.63, 3.8) is 0 Å². The smallest absolute Gasteiger partial charge is 0.111 e. The van der Waals surface area contributed by atoms with E-state index in [1.165, 1.54) is 12.8 Å². The van der Waals surface area contributed by atoms with E-state index in [9.17, 15) is 5.26 Å². The van der Waals surface area contributed by atoms with Crippen molar-refractivity contribution in [3.05, 3.63) is 0 Å². The Balaban J connectivity index is 2.08. The molecule has 1 aliphatic heterocycles. The Morgan fingerprint density at radius 2 is 1.87 bits per heavy atom. The third-order valence-electron chi connectivity index (χ3n) is 4.05. The minimum Gasteiger partial charge on any atom is -0.304 e. The minimum absolute atomic E-state index is 0.138. The fourth-order valence-electron chi connectivity index (χ4n) is 2.78. The Morgan fingerprint density at radius 3 is 2.27 bits per heavy atom. The van der Waals surface area contributed by atoms with Crippen molar-refractivity contribution in [2.45, 2.75) is 31.7 Å². The number of rotatable bonds is 3. The lowest BCUT2D eigenvalue weighted by Gasteiger charge is -2.43. The highest BCUT2D eigenvalue weighted by Crippen LogP contribution is 2.45. The van der Waals surface area contributed by atoms with Crippen LogP contribution in [0.4, 0.5) is 0 Å². The van der Waals surface area contributed by atoms with E-state index in [1.807, 2.05) is 0 Å². The molecule has 0 N–H and O–H groups in total. The second-order valence-electron chi connectivity index (χ2n) is 4.95. The van der Waals surface area contributed by atoms with Gasteiger partial charge in [-0.2, -0.15) is 5.26 Å². The molecular formula is C12H21N3. The first-order valence-electron chi connectivity index (χ1n) is 6.08. The summed E-state index contributed by atoms with van der Waals surface area (Å²) < 4.78 is 0. The van der Waals surface area contributed by atoms with Gasteiger partial charge in [0.15, 0.2) is 0 Å². The standard InChI is InChI=1S/C12H21N3/c1-3-12(10-13,11-4-5-11)15-8-6-14(2)7-9-15/h11H,3-9H2,1-2H3. The summed E-state index contributed by atoms with van der Waals surface area (Å²) in [5.74, 6) is 0.649. The Bertz CT molecular complexity index is 259. The Morgan fingerprint density at radius 1 is 1.27 bits per heavy atom. The molecule has 0 bridgehead atoms. The van der Waals surface area contributed by atoms with Crippen LogP contribution in [0, 0.1) is 17.2 Å². The van der Waals surface area contributed by atoms with Crippen LogP contribution in [0.5, 0.6) is 0 Å². The van der Waals surface area contributed by atoms with E-state index in [4.69, 9.17) is 0 Å². The van der Waals surface area contributed by atoms with Crippen molar-refractivity contribution < 1.29 is 0 Å². The van der Waals surface area contributed by atoms with E-state index in [1.54, 1.807) is 0 Å². The molecule has 1 unspecified atom stereocenters. The molecule has 0 aromatic rings. The molecule has 1 atom stereocenters. The van der Waals surface area contributed by atoms with Crippen LogP contribution in [0.3, 0.4) is 0 Å². The molecule has 2 fully saturated rings. The van der Waals surface area contributed by atoms with Gasteiger partial charge >= 0.3 is 0 Å². The Hall–Kier alpha value is -0.590. The second-order valence-corrected chi connectivity index (χ2v) is 4.95. The van der Waals surface area contributed by atoms with Crippen molar-refractivity contribution in [2.24, 2.45) is 5.92 Å². The molecule has 1 aliphatic carbocycles. The van der Waals surface area contributed by atoms with Crippen LogP contribution in [0.1, 0.15) is 26.2 Å². The fourth-order valence-corrected chi connectivity index (χ4v) is 2.78. The van der Waals surface area contributed by atoms with Crippen LogP contribution in [0.15, 0.2) is 0 Å². The number of likely N-dealkylation sites (N-methyl/N-ethyl adjacent to an activating group) is 1. The van der Waals surface area contributed by atoms with E-state index in [0.717, 1.165) is 32.6 Å². The highest BCUT2D eigenvalue weighted by molar-refractivity contribution is 5.16. The zero-order chi connectivity index (χ0) is 10.9. The van der Waals surface area contributed by atoms with Gasteiger partial charge in [0.05, 0.1) is 6.07 Å². The maximum absolute atomic E-state index is 9.50. The molecule has 3 nitrogen and oxygen atoms in total. The predicted octanol–water partition coefficient (Wildman–Crippen LogP) is 1.32. The molecule has 0 aromatic heterocycles. The highest BCUT2D eigenvalue weighted by Gasteiger charge is 2.48. The quantitative estimate of drug-likeness (QED) is 0.699. The van der Waals surface area contributed by atoms with Crippen LogP contribution in [-0.2, 0) is 0 Å². The SMILES string of the molecule is CCC(C#N)(C1CC1)N1CCN(C)CC1. The minimum atomic E-state index is -0.138. The van der Waals surface area contributed by atoms with Crippen LogP contribution in [0.2, 0.25) is 0 Å². The first kappa shape index (κ1) is 10.9. The summed E-state index contributed by atoms with van der Waals surface area (Å²) in [5, 5.41) is 9.50. The zero-order valence-corrected chi connectivity index (χ0v) is 9.87. The number of hydrogen-bond donors (Lipinski definition) is 0. The van der Waals surface area contributed by atoms with Gasteiger partial charge in [-0.25, -0.2) is 0 Å². The summed E-state index contributed by atoms with van der Waals surface area (Å²) in [4.78, 5) is 4.78. The summed E-state index contributed by atoms with van der Waals surface area (Å²) in [6, 6.07) is 2.62. The van der Waals surface area contributed by atoms with Gasteiger partial charge in [0.2, 0.25) is 0 Å². The first-order chi connectivity index (χ1) is 7.23. The molecular weight excluding hydrogens is 186 g/mol. The van der Waals surface area contributed by atoms with Gasteiger partial charge in [0, 0.05) is 26.2 Å². The lowest BCUT2D eigenvalue weighted by atomic mass is 9.89. The van der Waals surface area contributed by atoms with E-state index in [0.29, 0.717) is 5.92 Å². The van der Waals surface area contributed by atoms with Gasteiger partial charge in [-0.05, 0) is 32.2 Å². The highest BCUT2D eigenvalue weighted by atomic mass is 15.3. The number of nitrogens with zero attached hydrogens (tertiary/aromatic N) is 3. The van der Waals surface area contributed by atoms with E-state index in [-0.39, 0.29) is 5.54 Å². The zero-order valence-electron chi connectivity index (χ0n) is 9.87. The summed E-state index contributed by atoms with van der Waals surface area (Å²) in [6.07, 6.45) is 3.50. The molecule has 1 heterocycles. The molecule has 0 aromatic carbocycles. The average Bonchev–Trinajstić information content (AvgIpc) is 3.08. The third-order valence-corrected chi connectivity index (χ3v) is 4.05. The monoisotopic (exact) mass is 207 g/mol. The van der Waals surface area contributed by atoms with Gasteiger partial charge < -0.3 is 4.90 Å². The topological polar surface area (TPSA) is 30.3 Å². The summed E-state index contributed by atoms with van der Waals surface area (Å²) in [7, 11) is 2.16. The number of hydrogen-bond acceptors (Lipinski definition) is 3. The molecule has 0 spiro atoms. The summed E-state index contributed by atoms with van der Waals surface area (Å²) in [5.41, 5.74) is -0.138. The molecule has 0 amide bonds. The van der Waals surface area contributed by atoms with Gasteiger partial charge in [-0.3, -0.25) is 4.90 Å². The molecule has 3 heteroatoms. The first-order valence-corrected chi connectivity index (χ1v) is 6.08. The molecule has 1 saturated carbocycles. The fraction of sp³-hybridized carbons (Fsp3) is 0.917. The normalized spacial score (nSPS) is 28.3. The second kappa shape index (κ2) is 4.11. The number of piperazine rings is 1. The predicted molar refractivity (Wildman–Crippen MR) is 60.4 cm³/mol. The molecule has 2 rings (SSSR count). The van der Waals surface area contributed by atoms with Gasteiger partial charge in [-0.15, -0.1) is 0 Å². The van der Waals surface area contributed by atoms with Crippen LogP contribution in [0.25, 0.3) is 0 Å².